The molecule has 3 atom stereocenters. The van der Waals surface area contributed by atoms with Crippen LogP contribution in [-0.4, -0.2) is 31.7 Å². The van der Waals surface area contributed by atoms with Crippen molar-refractivity contribution < 1.29 is 4.79 Å². The fourth-order valence-corrected chi connectivity index (χ4v) is 5.37. The lowest BCUT2D eigenvalue weighted by molar-refractivity contribution is 0.232. The van der Waals surface area contributed by atoms with Crippen LogP contribution in [0.15, 0.2) is 24.3 Å². The first-order valence-corrected chi connectivity index (χ1v) is 10.5. The highest BCUT2D eigenvalue weighted by atomic mass is 16.2. The number of anilines is 1. The predicted octanol–water partition coefficient (Wildman–Crippen LogP) is 3.65. The van der Waals surface area contributed by atoms with Crippen LogP contribution in [0.5, 0.6) is 0 Å². The van der Waals surface area contributed by atoms with Gasteiger partial charge in [-0.25, -0.2) is 4.79 Å². The number of nitrogens with zero attached hydrogens (tertiary/aromatic N) is 2. The summed E-state index contributed by atoms with van der Waals surface area (Å²) >= 11 is 0. The van der Waals surface area contributed by atoms with Gasteiger partial charge in [0.15, 0.2) is 0 Å². The standard InChI is InChI=1S/C22H30N4O/c23-15-16-2-5-21(6-3-16)26-11-8-20(9-12-26)25-22(27)24-10-7-19-14-17-1-4-18(19)13-17/h2-3,5-6,17-20H,1,4,7-14H2,(H2,24,25,27). The zero-order valence-electron chi connectivity index (χ0n) is 16.0. The van der Waals surface area contributed by atoms with Gasteiger partial charge in [0.1, 0.15) is 0 Å². The number of benzene rings is 1. The highest BCUT2D eigenvalue weighted by Gasteiger charge is 2.38. The third kappa shape index (κ3) is 4.37. The maximum absolute atomic E-state index is 12.2. The molecule has 1 saturated heterocycles. The normalized spacial score (nSPS) is 27.4. The lowest BCUT2D eigenvalue weighted by atomic mass is 9.86. The van der Waals surface area contributed by atoms with Gasteiger partial charge in [-0.2, -0.15) is 5.26 Å². The van der Waals surface area contributed by atoms with Crippen molar-refractivity contribution in [2.75, 3.05) is 24.5 Å². The Kier molecular flexibility index (Phi) is 5.52. The Labute approximate surface area is 162 Å². The fraction of sp³-hybridized carbons (Fsp3) is 0.636. The minimum absolute atomic E-state index is 0.00465. The lowest BCUT2D eigenvalue weighted by Gasteiger charge is -2.34. The van der Waals surface area contributed by atoms with Gasteiger partial charge in [-0.15, -0.1) is 0 Å². The molecule has 1 aliphatic heterocycles. The van der Waals surface area contributed by atoms with Gasteiger partial charge < -0.3 is 15.5 Å². The van der Waals surface area contributed by atoms with E-state index in [4.69, 9.17) is 5.26 Å². The fourth-order valence-electron chi connectivity index (χ4n) is 5.37. The van der Waals surface area contributed by atoms with Crippen LogP contribution in [0.2, 0.25) is 0 Å². The van der Waals surface area contributed by atoms with E-state index in [0.717, 1.165) is 62.3 Å². The first-order chi connectivity index (χ1) is 13.2. The summed E-state index contributed by atoms with van der Waals surface area (Å²) < 4.78 is 0. The molecule has 5 nitrogen and oxygen atoms in total. The molecule has 0 spiro atoms. The molecule has 0 aromatic heterocycles. The highest BCUT2D eigenvalue weighted by molar-refractivity contribution is 5.74. The minimum atomic E-state index is -0.00465. The molecule has 3 unspecified atom stereocenters. The van der Waals surface area contributed by atoms with Gasteiger partial charge in [0, 0.05) is 31.4 Å². The molecule has 2 aliphatic carbocycles. The molecule has 5 heteroatoms. The summed E-state index contributed by atoms with van der Waals surface area (Å²) in [5.74, 6) is 2.77. The molecular weight excluding hydrogens is 336 g/mol. The van der Waals surface area contributed by atoms with Gasteiger partial charge in [-0.05, 0) is 80.5 Å². The zero-order valence-corrected chi connectivity index (χ0v) is 16.0. The molecule has 0 radical (unpaired) electrons. The monoisotopic (exact) mass is 366 g/mol. The topological polar surface area (TPSA) is 68.2 Å². The van der Waals surface area contributed by atoms with Crippen molar-refractivity contribution in [3.05, 3.63) is 29.8 Å². The van der Waals surface area contributed by atoms with E-state index in [1.165, 1.54) is 25.7 Å². The van der Waals surface area contributed by atoms with E-state index in [9.17, 15) is 4.79 Å². The van der Waals surface area contributed by atoms with Crippen LogP contribution in [0.25, 0.3) is 0 Å². The first kappa shape index (κ1) is 18.2. The van der Waals surface area contributed by atoms with Gasteiger partial charge in [-0.1, -0.05) is 6.42 Å². The Morgan fingerprint density at radius 2 is 1.89 bits per heavy atom. The predicted molar refractivity (Wildman–Crippen MR) is 106 cm³/mol. The third-order valence-electron chi connectivity index (χ3n) is 6.88. The molecule has 3 aliphatic rings. The summed E-state index contributed by atoms with van der Waals surface area (Å²) in [5, 5.41) is 15.1. The Bertz CT molecular complexity index is 687. The van der Waals surface area contributed by atoms with E-state index in [2.05, 4.69) is 21.6 Å². The van der Waals surface area contributed by atoms with E-state index in [1.807, 2.05) is 24.3 Å². The first-order valence-electron chi connectivity index (χ1n) is 10.5. The number of amides is 2. The van der Waals surface area contributed by atoms with E-state index in [-0.39, 0.29) is 12.1 Å². The zero-order chi connectivity index (χ0) is 18.6. The average Bonchev–Trinajstić information content (AvgIpc) is 3.32. The van der Waals surface area contributed by atoms with Gasteiger partial charge in [0.25, 0.3) is 0 Å². The number of hydrogen-bond donors (Lipinski definition) is 2. The van der Waals surface area contributed by atoms with Crippen molar-refractivity contribution in [1.82, 2.24) is 10.6 Å². The number of piperidine rings is 1. The van der Waals surface area contributed by atoms with Crippen molar-refractivity contribution >= 4 is 11.7 Å². The molecule has 1 heterocycles. The molecule has 27 heavy (non-hydrogen) atoms. The maximum Gasteiger partial charge on any atom is 0.315 e. The Hall–Kier alpha value is -2.22. The molecule has 1 aromatic carbocycles. The molecule has 1 aromatic rings. The highest BCUT2D eigenvalue weighted by Crippen LogP contribution is 2.49. The van der Waals surface area contributed by atoms with Gasteiger partial charge in [0.05, 0.1) is 11.6 Å². The molecule has 2 saturated carbocycles. The maximum atomic E-state index is 12.2. The molecule has 2 bridgehead atoms. The van der Waals surface area contributed by atoms with Crippen molar-refractivity contribution in [2.45, 2.75) is 51.0 Å². The van der Waals surface area contributed by atoms with Crippen LogP contribution < -0.4 is 15.5 Å². The lowest BCUT2D eigenvalue weighted by Crippen LogP contribution is -2.48. The molecule has 4 rings (SSSR count). The summed E-state index contributed by atoms with van der Waals surface area (Å²) in [7, 11) is 0. The van der Waals surface area contributed by atoms with Crippen LogP contribution in [0.3, 0.4) is 0 Å². The van der Waals surface area contributed by atoms with Gasteiger partial charge in [-0.3, -0.25) is 0 Å². The summed E-state index contributed by atoms with van der Waals surface area (Å²) in [5.41, 5.74) is 1.85. The Balaban J connectivity index is 1.14. The third-order valence-corrected chi connectivity index (χ3v) is 6.88. The van der Waals surface area contributed by atoms with E-state index >= 15 is 0 Å². The smallest absolute Gasteiger partial charge is 0.315 e. The number of rotatable bonds is 5. The summed E-state index contributed by atoms with van der Waals surface area (Å²) in [6.07, 6.45) is 8.75. The van der Waals surface area contributed by atoms with E-state index in [0.29, 0.717) is 5.56 Å². The second-order valence-electron chi connectivity index (χ2n) is 8.54. The van der Waals surface area contributed by atoms with Crippen molar-refractivity contribution in [2.24, 2.45) is 17.8 Å². The number of urea groups is 1. The molecule has 2 N–H and O–H groups in total. The van der Waals surface area contributed by atoms with Gasteiger partial charge >= 0.3 is 6.03 Å². The molecular formula is C22H30N4O. The van der Waals surface area contributed by atoms with Crippen molar-refractivity contribution in [3.63, 3.8) is 0 Å². The largest absolute Gasteiger partial charge is 0.371 e. The second kappa shape index (κ2) is 8.21. The number of nitriles is 1. The number of carbonyl (C=O) groups excluding carboxylic acids is 1. The summed E-state index contributed by atoms with van der Waals surface area (Å²) in [4.78, 5) is 14.5. The Morgan fingerprint density at radius 3 is 2.52 bits per heavy atom. The number of nitrogens with one attached hydrogen (secondary N) is 2. The number of hydrogen-bond acceptors (Lipinski definition) is 3. The minimum Gasteiger partial charge on any atom is -0.371 e. The quantitative estimate of drug-likeness (QED) is 0.836. The van der Waals surface area contributed by atoms with Gasteiger partial charge in [0.2, 0.25) is 0 Å². The number of fused-ring (bicyclic) bond motifs is 2. The summed E-state index contributed by atoms with van der Waals surface area (Å²) in [6, 6.07) is 10.1. The van der Waals surface area contributed by atoms with Crippen LogP contribution >= 0.6 is 0 Å². The van der Waals surface area contributed by atoms with Crippen molar-refractivity contribution in [3.8, 4) is 6.07 Å². The SMILES string of the molecule is N#Cc1ccc(N2CCC(NC(=O)NCCC3CC4CCC3C4)CC2)cc1. The van der Waals surface area contributed by atoms with Crippen LogP contribution in [0.4, 0.5) is 10.5 Å². The average molecular weight is 367 g/mol. The van der Waals surface area contributed by atoms with E-state index in [1.54, 1.807) is 0 Å². The summed E-state index contributed by atoms with van der Waals surface area (Å²) in [6.45, 7) is 2.67. The van der Waals surface area contributed by atoms with Crippen molar-refractivity contribution in [1.29, 1.82) is 5.26 Å². The molecule has 2 amide bonds. The van der Waals surface area contributed by atoms with Crippen LogP contribution in [0.1, 0.15) is 50.5 Å². The van der Waals surface area contributed by atoms with E-state index < -0.39 is 0 Å². The second-order valence-corrected chi connectivity index (χ2v) is 8.54. The van der Waals surface area contributed by atoms with Crippen LogP contribution in [0, 0.1) is 29.1 Å². The number of carbonyl (C=O) groups is 1. The Morgan fingerprint density at radius 1 is 1.11 bits per heavy atom. The molecule has 144 valence electrons. The molecule has 3 fully saturated rings. The van der Waals surface area contributed by atoms with Crippen LogP contribution in [-0.2, 0) is 0 Å².